The number of piperidine rings is 1. The Hall–Kier alpha value is -1.02. The molecule has 1 heterocycles. The van der Waals surface area contributed by atoms with Crippen LogP contribution in [0.3, 0.4) is 0 Å². The van der Waals surface area contributed by atoms with E-state index in [1.165, 1.54) is 0 Å². The van der Waals surface area contributed by atoms with Gasteiger partial charge in [0.05, 0.1) is 10.7 Å². The van der Waals surface area contributed by atoms with Crippen LogP contribution >= 0.6 is 11.6 Å². The summed E-state index contributed by atoms with van der Waals surface area (Å²) in [4.78, 5) is 2.01. The largest absolute Gasteiger partial charge is 0.329 e. The Bertz CT molecular complexity index is 349. The topological polar surface area (TPSA) is 27.1 Å². The van der Waals surface area contributed by atoms with Crippen molar-refractivity contribution in [3.05, 3.63) is 29.3 Å². The molecule has 1 aliphatic rings. The Balaban J connectivity index is 2.29. The summed E-state index contributed by atoms with van der Waals surface area (Å²) in [6.07, 6.45) is 3.14. The van der Waals surface area contributed by atoms with Crippen LogP contribution in [-0.4, -0.2) is 12.4 Å². The molecule has 1 aliphatic heterocycles. The molecule has 2 nitrogen and oxygen atoms in total. The minimum atomic E-state index is 0.685. The molecule has 74 valence electrons. The van der Waals surface area contributed by atoms with E-state index in [0.29, 0.717) is 5.84 Å². The summed E-state index contributed by atoms with van der Waals surface area (Å²) in [6.45, 7) is 0.919. The molecule has 0 amide bonds. The maximum absolute atomic E-state index is 7.85. The van der Waals surface area contributed by atoms with Crippen LogP contribution in [-0.2, 0) is 0 Å². The molecule has 0 saturated carbocycles. The summed E-state index contributed by atoms with van der Waals surface area (Å²) < 4.78 is 0. The van der Waals surface area contributed by atoms with Gasteiger partial charge >= 0.3 is 0 Å². The van der Waals surface area contributed by atoms with Gasteiger partial charge in [0, 0.05) is 13.0 Å². The highest BCUT2D eigenvalue weighted by Gasteiger charge is 2.17. The van der Waals surface area contributed by atoms with Gasteiger partial charge in [-0.25, -0.2) is 0 Å². The van der Waals surface area contributed by atoms with Crippen molar-refractivity contribution in [2.75, 3.05) is 11.4 Å². The number of hydrogen-bond acceptors (Lipinski definition) is 1. The molecule has 1 fully saturated rings. The van der Waals surface area contributed by atoms with Crippen LogP contribution in [0.5, 0.6) is 0 Å². The van der Waals surface area contributed by atoms with Gasteiger partial charge in [0.15, 0.2) is 0 Å². The summed E-state index contributed by atoms with van der Waals surface area (Å²) in [5.74, 6) is 0.685. The molecule has 2 rings (SSSR count). The second-order valence-electron chi connectivity index (χ2n) is 3.51. The minimum Gasteiger partial charge on any atom is -0.329 e. The van der Waals surface area contributed by atoms with Crippen molar-refractivity contribution in [3.8, 4) is 0 Å². The van der Waals surface area contributed by atoms with E-state index in [0.717, 1.165) is 36.5 Å². The van der Waals surface area contributed by atoms with Crippen molar-refractivity contribution < 1.29 is 0 Å². The fourth-order valence-electron chi connectivity index (χ4n) is 1.77. The Morgan fingerprint density at radius 2 is 2.00 bits per heavy atom. The second kappa shape index (κ2) is 4.01. The van der Waals surface area contributed by atoms with E-state index in [1.54, 1.807) is 0 Å². The molecule has 0 aromatic heterocycles. The lowest BCUT2D eigenvalue weighted by molar-refractivity contribution is 0.707. The molecular formula is C11H13ClN2. The zero-order valence-electron chi connectivity index (χ0n) is 7.96. The molecule has 1 aromatic carbocycles. The zero-order valence-corrected chi connectivity index (χ0v) is 8.72. The van der Waals surface area contributed by atoms with Crippen LogP contribution in [0.15, 0.2) is 24.3 Å². The fraction of sp³-hybridized carbons (Fsp3) is 0.364. The maximum atomic E-state index is 7.85. The number of hydrogen-bond donors (Lipinski definition) is 1. The smallest absolute Gasteiger partial charge is 0.100 e. The predicted octanol–water partition coefficient (Wildman–Crippen LogP) is 3.31. The quantitative estimate of drug-likeness (QED) is 0.753. The molecule has 0 bridgehead atoms. The van der Waals surface area contributed by atoms with E-state index >= 15 is 0 Å². The van der Waals surface area contributed by atoms with Crippen molar-refractivity contribution in [1.29, 1.82) is 5.41 Å². The lowest BCUT2D eigenvalue weighted by Gasteiger charge is -2.29. The number of nitrogens with zero attached hydrogens (tertiary/aromatic N) is 1. The summed E-state index contributed by atoms with van der Waals surface area (Å²) in [5, 5.41) is 8.58. The SMILES string of the molecule is N=C1CCCCN1c1ccccc1Cl. The van der Waals surface area contributed by atoms with Crippen LogP contribution < -0.4 is 4.90 Å². The molecule has 0 aliphatic carbocycles. The third kappa shape index (κ3) is 1.75. The third-order valence-electron chi connectivity index (χ3n) is 2.51. The van der Waals surface area contributed by atoms with Crippen molar-refractivity contribution >= 4 is 23.1 Å². The lowest BCUT2D eigenvalue weighted by atomic mass is 10.1. The van der Waals surface area contributed by atoms with E-state index in [1.807, 2.05) is 29.2 Å². The highest BCUT2D eigenvalue weighted by atomic mass is 35.5. The molecular weight excluding hydrogens is 196 g/mol. The first-order chi connectivity index (χ1) is 6.79. The summed E-state index contributed by atoms with van der Waals surface area (Å²) in [5.41, 5.74) is 0.971. The summed E-state index contributed by atoms with van der Waals surface area (Å²) >= 11 is 6.08. The monoisotopic (exact) mass is 208 g/mol. The van der Waals surface area contributed by atoms with Gasteiger partial charge in [-0.3, -0.25) is 5.41 Å². The number of nitrogens with one attached hydrogen (secondary N) is 1. The molecule has 3 heteroatoms. The molecule has 1 saturated heterocycles. The Labute approximate surface area is 89.0 Å². The van der Waals surface area contributed by atoms with Gasteiger partial charge in [0.2, 0.25) is 0 Å². The molecule has 0 spiro atoms. The zero-order chi connectivity index (χ0) is 9.97. The number of amidine groups is 1. The fourth-order valence-corrected chi connectivity index (χ4v) is 2.01. The highest BCUT2D eigenvalue weighted by molar-refractivity contribution is 6.33. The van der Waals surface area contributed by atoms with Crippen molar-refractivity contribution in [1.82, 2.24) is 0 Å². The molecule has 0 radical (unpaired) electrons. The number of halogens is 1. The number of benzene rings is 1. The Morgan fingerprint density at radius 3 is 2.71 bits per heavy atom. The predicted molar refractivity (Wildman–Crippen MR) is 60.4 cm³/mol. The molecule has 1 N–H and O–H groups in total. The standard InChI is InChI=1S/C11H13ClN2/c12-9-5-1-2-6-10(9)14-8-4-3-7-11(14)13/h1-2,5-6,13H,3-4,7-8H2. The van der Waals surface area contributed by atoms with Crippen LogP contribution in [0.2, 0.25) is 5.02 Å². The van der Waals surface area contributed by atoms with Crippen molar-refractivity contribution in [2.45, 2.75) is 19.3 Å². The van der Waals surface area contributed by atoms with Crippen molar-refractivity contribution in [3.63, 3.8) is 0 Å². The van der Waals surface area contributed by atoms with Gasteiger partial charge in [0.25, 0.3) is 0 Å². The van der Waals surface area contributed by atoms with E-state index in [2.05, 4.69) is 0 Å². The van der Waals surface area contributed by atoms with Crippen LogP contribution in [0.4, 0.5) is 5.69 Å². The second-order valence-corrected chi connectivity index (χ2v) is 3.91. The third-order valence-corrected chi connectivity index (χ3v) is 2.83. The van der Waals surface area contributed by atoms with E-state index in [4.69, 9.17) is 17.0 Å². The molecule has 1 aromatic rings. The van der Waals surface area contributed by atoms with E-state index < -0.39 is 0 Å². The van der Waals surface area contributed by atoms with Gasteiger partial charge in [-0.2, -0.15) is 0 Å². The van der Waals surface area contributed by atoms with Gasteiger partial charge < -0.3 is 4.90 Å². The number of rotatable bonds is 1. The van der Waals surface area contributed by atoms with Crippen molar-refractivity contribution in [2.24, 2.45) is 0 Å². The first kappa shape index (κ1) is 9.53. The normalized spacial score (nSPS) is 17.2. The summed E-state index contributed by atoms with van der Waals surface area (Å²) in [6, 6.07) is 7.73. The van der Waals surface area contributed by atoms with Gasteiger partial charge in [-0.15, -0.1) is 0 Å². The minimum absolute atomic E-state index is 0.685. The van der Waals surface area contributed by atoms with Crippen LogP contribution in [0.25, 0.3) is 0 Å². The average Bonchev–Trinajstić information content (AvgIpc) is 2.20. The van der Waals surface area contributed by atoms with E-state index in [9.17, 15) is 0 Å². The van der Waals surface area contributed by atoms with Crippen LogP contribution in [0, 0.1) is 5.41 Å². The molecule has 0 atom stereocenters. The number of para-hydroxylation sites is 1. The van der Waals surface area contributed by atoms with Crippen LogP contribution in [0.1, 0.15) is 19.3 Å². The van der Waals surface area contributed by atoms with E-state index in [-0.39, 0.29) is 0 Å². The Kier molecular flexibility index (Phi) is 2.73. The highest BCUT2D eigenvalue weighted by Crippen LogP contribution is 2.28. The lowest BCUT2D eigenvalue weighted by Crippen LogP contribution is -2.34. The van der Waals surface area contributed by atoms with Gasteiger partial charge in [-0.05, 0) is 25.0 Å². The average molecular weight is 209 g/mol. The molecule has 0 unspecified atom stereocenters. The van der Waals surface area contributed by atoms with Gasteiger partial charge in [-0.1, -0.05) is 23.7 Å². The molecule has 14 heavy (non-hydrogen) atoms. The Morgan fingerprint density at radius 1 is 1.21 bits per heavy atom. The summed E-state index contributed by atoms with van der Waals surface area (Å²) in [7, 11) is 0. The van der Waals surface area contributed by atoms with Gasteiger partial charge in [0.1, 0.15) is 5.84 Å². The maximum Gasteiger partial charge on any atom is 0.100 e. The first-order valence-corrected chi connectivity index (χ1v) is 5.26. The first-order valence-electron chi connectivity index (χ1n) is 4.88. The number of anilines is 1.